The minimum Gasteiger partial charge on any atom is -0.478 e. The Labute approximate surface area is 126 Å². The number of hydrogen-bond acceptors (Lipinski definition) is 4. The van der Waals surface area contributed by atoms with Gasteiger partial charge in [-0.3, -0.25) is 0 Å². The molecule has 2 heterocycles. The Kier molecular flexibility index (Phi) is 2.72. The van der Waals surface area contributed by atoms with E-state index < -0.39 is 5.97 Å². The molecule has 0 spiro atoms. The van der Waals surface area contributed by atoms with Crippen LogP contribution >= 0.6 is 0 Å². The summed E-state index contributed by atoms with van der Waals surface area (Å²) in [6, 6.07) is 5.43. The molecule has 110 valence electrons. The van der Waals surface area contributed by atoms with Crippen molar-refractivity contribution in [3.63, 3.8) is 0 Å². The number of carboxylic acids is 1. The maximum absolute atomic E-state index is 11.2. The summed E-state index contributed by atoms with van der Waals surface area (Å²) in [6.07, 6.45) is 5.46. The number of fused-ring (bicyclic) bond motifs is 1. The molecule has 6 nitrogen and oxygen atoms in total. The Morgan fingerprint density at radius 3 is 2.86 bits per heavy atom. The van der Waals surface area contributed by atoms with E-state index in [1.807, 2.05) is 6.92 Å². The summed E-state index contributed by atoms with van der Waals surface area (Å²) in [7, 11) is 0. The van der Waals surface area contributed by atoms with Crippen molar-refractivity contribution in [3.05, 3.63) is 42.0 Å². The van der Waals surface area contributed by atoms with Crippen molar-refractivity contribution in [1.82, 2.24) is 19.5 Å². The van der Waals surface area contributed by atoms with Crippen LogP contribution in [-0.2, 0) is 0 Å². The van der Waals surface area contributed by atoms with Crippen LogP contribution in [-0.4, -0.2) is 30.6 Å². The standard InChI is InChI=1S/C16H14N4O2/c1-9-12(7-17-8-18-9)15-19-13-5-2-10(16(21)22)6-14(13)20(15)11-3-4-11/h2,5-8,11H,3-4H2,1H3,(H,21,22). The first-order chi connectivity index (χ1) is 10.6. The van der Waals surface area contributed by atoms with E-state index in [1.165, 1.54) is 6.33 Å². The van der Waals surface area contributed by atoms with Crippen LogP contribution in [0.25, 0.3) is 22.4 Å². The van der Waals surface area contributed by atoms with Gasteiger partial charge >= 0.3 is 5.97 Å². The molecule has 0 saturated heterocycles. The van der Waals surface area contributed by atoms with Gasteiger partial charge in [0.25, 0.3) is 0 Å². The first kappa shape index (κ1) is 12.9. The van der Waals surface area contributed by atoms with Crippen LogP contribution in [0.5, 0.6) is 0 Å². The Morgan fingerprint density at radius 2 is 2.18 bits per heavy atom. The third kappa shape index (κ3) is 1.95. The van der Waals surface area contributed by atoms with E-state index in [0.717, 1.165) is 41.0 Å². The largest absolute Gasteiger partial charge is 0.478 e. The van der Waals surface area contributed by atoms with Gasteiger partial charge in [-0.05, 0) is 38.0 Å². The number of rotatable bonds is 3. The molecule has 4 rings (SSSR count). The summed E-state index contributed by atoms with van der Waals surface area (Å²) < 4.78 is 2.13. The zero-order chi connectivity index (χ0) is 15.3. The van der Waals surface area contributed by atoms with Crippen molar-refractivity contribution >= 4 is 17.0 Å². The number of carbonyl (C=O) groups is 1. The second kappa shape index (κ2) is 4.62. The summed E-state index contributed by atoms with van der Waals surface area (Å²) in [6.45, 7) is 1.93. The van der Waals surface area contributed by atoms with Crippen molar-refractivity contribution < 1.29 is 9.90 Å². The molecular weight excluding hydrogens is 280 g/mol. The molecule has 0 aliphatic heterocycles. The lowest BCUT2D eigenvalue weighted by atomic mass is 10.2. The molecule has 0 bridgehead atoms. The van der Waals surface area contributed by atoms with Crippen LogP contribution in [0.2, 0.25) is 0 Å². The van der Waals surface area contributed by atoms with E-state index in [2.05, 4.69) is 14.5 Å². The second-order valence-corrected chi connectivity index (χ2v) is 5.57. The Morgan fingerprint density at radius 1 is 1.36 bits per heavy atom. The number of aromatic nitrogens is 4. The minimum absolute atomic E-state index is 0.280. The fraction of sp³-hybridized carbons (Fsp3) is 0.250. The molecule has 1 aliphatic carbocycles. The van der Waals surface area contributed by atoms with Gasteiger partial charge in [0.05, 0.1) is 27.9 Å². The highest BCUT2D eigenvalue weighted by Crippen LogP contribution is 2.41. The lowest BCUT2D eigenvalue weighted by Crippen LogP contribution is -2.01. The van der Waals surface area contributed by atoms with Gasteiger partial charge in [-0.15, -0.1) is 0 Å². The van der Waals surface area contributed by atoms with Gasteiger partial charge in [0.15, 0.2) is 0 Å². The number of imidazole rings is 1. The number of carboxylic acid groups (broad SMARTS) is 1. The van der Waals surface area contributed by atoms with Crippen molar-refractivity contribution in [2.75, 3.05) is 0 Å². The molecule has 0 unspecified atom stereocenters. The van der Waals surface area contributed by atoms with Crippen molar-refractivity contribution in [2.45, 2.75) is 25.8 Å². The molecule has 2 aromatic heterocycles. The molecule has 0 radical (unpaired) electrons. The van der Waals surface area contributed by atoms with Gasteiger partial charge in [-0.1, -0.05) is 0 Å². The Balaban J connectivity index is 2.01. The molecule has 1 aliphatic rings. The Hall–Kier alpha value is -2.76. The molecule has 1 fully saturated rings. The van der Waals surface area contributed by atoms with E-state index >= 15 is 0 Å². The van der Waals surface area contributed by atoms with E-state index in [4.69, 9.17) is 4.98 Å². The zero-order valence-corrected chi connectivity index (χ0v) is 12.0. The summed E-state index contributed by atoms with van der Waals surface area (Å²) in [5.41, 5.74) is 3.70. The average molecular weight is 294 g/mol. The summed E-state index contributed by atoms with van der Waals surface area (Å²) in [5.74, 6) is -0.107. The first-order valence-electron chi connectivity index (χ1n) is 7.17. The van der Waals surface area contributed by atoms with Crippen LogP contribution in [0, 0.1) is 6.92 Å². The summed E-state index contributed by atoms with van der Waals surface area (Å²) in [4.78, 5) is 24.3. The fourth-order valence-corrected chi connectivity index (χ4v) is 2.73. The minimum atomic E-state index is -0.925. The van der Waals surface area contributed by atoms with E-state index in [1.54, 1.807) is 24.4 Å². The predicted octanol–water partition coefficient (Wildman–Crippen LogP) is 2.83. The van der Waals surface area contributed by atoms with E-state index in [-0.39, 0.29) is 5.56 Å². The van der Waals surface area contributed by atoms with Crippen LogP contribution in [0.15, 0.2) is 30.7 Å². The smallest absolute Gasteiger partial charge is 0.335 e. The maximum atomic E-state index is 11.2. The van der Waals surface area contributed by atoms with Crippen molar-refractivity contribution in [1.29, 1.82) is 0 Å². The summed E-state index contributed by atoms with van der Waals surface area (Å²) in [5, 5.41) is 9.21. The normalized spacial score (nSPS) is 14.4. The number of aryl methyl sites for hydroxylation is 1. The van der Waals surface area contributed by atoms with E-state index in [9.17, 15) is 9.90 Å². The third-order valence-electron chi connectivity index (χ3n) is 4.00. The van der Waals surface area contributed by atoms with Gasteiger partial charge in [-0.25, -0.2) is 19.7 Å². The predicted molar refractivity (Wildman–Crippen MR) is 80.7 cm³/mol. The van der Waals surface area contributed by atoms with Crippen LogP contribution < -0.4 is 0 Å². The van der Waals surface area contributed by atoms with Crippen LogP contribution in [0.1, 0.15) is 34.9 Å². The molecule has 6 heteroatoms. The monoisotopic (exact) mass is 294 g/mol. The molecule has 3 aromatic rings. The topological polar surface area (TPSA) is 80.9 Å². The van der Waals surface area contributed by atoms with Crippen molar-refractivity contribution in [3.8, 4) is 11.4 Å². The van der Waals surface area contributed by atoms with Gasteiger partial charge in [0.2, 0.25) is 0 Å². The van der Waals surface area contributed by atoms with E-state index in [0.29, 0.717) is 6.04 Å². The molecule has 1 saturated carbocycles. The number of aromatic carboxylic acids is 1. The number of nitrogens with zero attached hydrogens (tertiary/aromatic N) is 4. The second-order valence-electron chi connectivity index (χ2n) is 5.57. The first-order valence-corrected chi connectivity index (χ1v) is 7.17. The highest BCUT2D eigenvalue weighted by molar-refractivity contribution is 5.93. The maximum Gasteiger partial charge on any atom is 0.335 e. The highest BCUT2D eigenvalue weighted by Gasteiger charge is 2.29. The van der Waals surface area contributed by atoms with Gasteiger partial charge < -0.3 is 9.67 Å². The molecule has 0 atom stereocenters. The molecule has 1 aromatic carbocycles. The fourth-order valence-electron chi connectivity index (χ4n) is 2.73. The zero-order valence-electron chi connectivity index (χ0n) is 12.0. The van der Waals surface area contributed by atoms with Gasteiger partial charge in [0, 0.05) is 12.2 Å². The summed E-state index contributed by atoms with van der Waals surface area (Å²) >= 11 is 0. The van der Waals surface area contributed by atoms with Gasteiger partial charge in [-0.2, -0.15) is 0 Å². The lowest BCUT2D eigenvalue weighted by molar-refractivity contribution is 0.0697. The number of hydrogen-bond donors (Lipinski definition) is 1. The van der Waals surface area contributed by atoms with Crippen LogP contribution in [0.3, 0.4) is 0 Å². The highest BCUT2D eigenvalue weighted by atomic mass is 16.4. The van der Waals surface area contributed by atoms with Crippen molar-refractivity contribution in [2.24, 2.45) is 0 Å². The Bertz CT molecular complexity index is 896. The third-order valence-corrected chi connectivity index (χ3v) is 4.00. The molecule has 1 N–H and O–H groups in total. The quantitative estimate of drug-likeness (QED) is 0.803. The average Bonchev–Trinajstić information content (AvgIpc) is 3.27. The molecular formula is C16H14N4O2. The van der Waals surface area contributed by atoms with Gasteiger partial charge in [0.1, 0.15) is 12.2 Å². The molecule has 0 amide bonds. The van der Waals surface area contributed by atoms with Crippen LogP contribution in [0.4, 0.5) is 0 Å². The molecule has 22 heavy (non-hydrogen) atoms. The lowest BCUT2D eigenvalue weighted by Gasteiger charge is -2.09. The number of benzene rings is 1. The SMILES string of the molecule is Cc1ncncc1-c1nc2ccc(C(=O)O)cc2n1C1CC1.